The van der Waals surface area contributed by atoms with E-state index >= 15 is 8.78 Å². The van der Waals surface area contributed by atoms with Gasteiger partial charge in [0.2, 0.25) is 5.91 Å². The molecule has 0 radical (unpaired) electrons. The van der Waals surface area contributed by atoms with Gasteiger partial charge >= 0.3 is 24.5 Å². The van der Waals surface area contributed by atoms with E-state index < -0.39 is 102 Å². The second kappa shape index (κ2) is 16.7. The molecule has 14 nitrogen and oxygen atoms in total. The molecule has 302 valence electrons. The Kier molecular flexibility index (Phi) is 13.5. The Morgan fingerprint density at radius 2 is 1.37 bits per heavy atom. The lowest BCUT2D eigenvalue weighted by atomic mass is 9.83. The van der Waals surface area contributed by atoms with E-state index in [0.717, 1.165) is 39.2 Å². The smallest absolute Gasteiger partial charge is 0.407 e. The molecular weight excluding hydrogens is 746 g/mol. The van der Waals surface area contributed by atoms with Crippen LogP contribution in [-0.2, 0) is 25.6 Å². The number of aromatic nitrogens is 2. The van der Waals surface area contributed by atoms with Crippen LogP contribution in [0.1, 0.15) is 52.1 Å². The van der Waals surface area contributed by atoms with Crippen molar-refractivity contribution < 1.29 is 68.9 Å². The minimum absolute atomic E-state index is 0.0256. The van der Waals surface area contributed by atoms with E-state index in [4.69, 9.17) is 0 Å². The number of amides is 4. The van der Waals surface area contributed by atoms with E-state index in [1.165, 1.54) is 6.07 Å². The number of halogens is 8. The van der Waals surface area contributed by atoms with Gasteiger partial charge in [-0.25, -0.2) is 23.4 Å². The Hall–Kier alpha value is -4.73. The average Bonchev–Trinajstić information content (AvgIpc) is 3.80. The van der Waals surface area contributed by atoms with Crippen molar-refractivity contribution in [2.45, 2.75) is 83.7 Å². The van der Waals surface area contributed by atoms with Gasteiger partial charge < -0.3 is 30.5 Å². The number of alkyl halides is 6. The van der Waals surface area contributed by atoms with E-state index in [0.29, 0.717) is 32.7 Å². The van der Waals surface area contributed by atoms with Crippen molar-refractivity contribution in [1.82, 2.24) is 36.2 Å². The zero-order chi connectivity index (χ0) is 41.0. The first-order valence-electron chi connectivity index (χ1n) is 16.2. The summed E-state index contributed by atoms with van der Waals surface area (Å²) in [5, 5.41) is 21.2. The summed E-state index contributed by atoms with van der Waals surface area (Å²) in [7, 11) is 1.65. The maximum atomic E-state index is 15.5. The summed E-state index contributed by atoms with van der Waals surface area (Å²) >= 11 is 0. The predicted octanol–water partition coefficient (Wildman–Crippen LogP) is 4.10. The molecule has 0 aliphatic heterocycles. The van der Waals surface area contributed by atoms with Crippen LogP contribution >= 0.6 is 0 Å². The number of aliphatic hydroxyl groups is 1. The fraction of sp³-hybridized carbons (Fsp3) is 0.594. The van der Waals surface area contributed by atoms with Gasteiger partial charge in [0.05, 0.1) is 42.9 Å². The third kappa shape index (κ3) is 10.5. The first-order valence-corrected chi connectivity index (χ1v) is 16.2. The van der Waals surface area contributed by atoms with Crippen molar-refractivity contribution >= 4 is 24.0 Å². The maximum absolute atomic E-state index is 15.5. The Labute approximate surface area is 303 Å². The molecule has 0 saturated heterocycles. The van der Waals surface area contributed by atoms with Crippen LogP contribution in [0.2, 0.25) is 0 Å². The molecule has 2 aromatic rings. The van der Waals surface area contributed by atoms with Gasteiger partial charge in [0, 0.05) is 37.0 Å². The summed E-state index contributed by atoms with van der Waals surface area (Å²) < 4.78 is 125. The highest BCUT2D eigenvalue weighted by atomic mass is 19.4. The zero-order valence-corrected chi connectivity index (χ0v) is 29.9. The van der Waals surface area contributed by atoms with Crippen molar-refractivity contribution in [2.75, 3.05) is 27.3 Å². The lowest BCUT2D eigenvalue weighted by Gasteiger charge is -2.37. The highest BCUT2D eigenvalue weighted by molar-refractivity contribution is 5.87. The molecule has 1 unspecified atom stereocenters. The molecule has 3 rings (SSSR count). The largest absolute Gasteiger partial charge is 0.453 e. The molecule has 1 aliphatic carbocycles. The van der Waals surface area contributed by atoms with Gasteiger partial charge in [0.15, 0.2) is 0 Å². The number of hydrogen-bond donors (Lipinski definition) is 5. The minimum atomic E-state index is -5.12. The van der Waals surface area contributed by atoms with Gasteiger partial charge in [-0.3, -0.25) is 19.7 Å². The number of aliphatic hydroxyl groups excluding tert-OH is 1. The topological polar surface area (TPSA) is 176 Å². The van der Waals surface area contributed by atoms with Crippen LogP contribution in [0.15, 0.2) is 24.4 Å². The summed E-state index contributed by atoms with van der Waals surface area (Å²) in [5.74, 6) is -5.43. The quantitative estimate of drug-likeness (QED) is 0.132. The van der Waals surface area contributed by atoms with E-state index in [9.17, 15) is 50.6 Å². The van der Waals surface area contributed by atoms with Gasteiger partial charge in [-0.1, -0.05) is 0 Å². The number of ether oxygens (including phenoxy) is 2. The van der Waals surface area contributed by atoms with Gasteiger partial charge in [0.25, 0.3) is 5.91 Å². The summed E-state index contributed by atoms with van der Waals surface area (Å²) in [4.78, 5) is 50.1. The fourth-order valence-corrected chi connectivity index (χ4v) is 4.97. The molecule has 22 heteroatoms. The van der Waals surface area contributed by atoms with Crippen LogP contribution in [0.4, 0.5) is 44.7 Å². The number of methoxy groups -OCH3 is 2. The first-order chi connectivity index (χ1) is 24.8. The molecule has 0 bridgehead atoms. The van der Waals surface area contributed by atoms with Crippen LogP contribution < -0.4 is 21.4 Å². The predicted molar refractivity (Wildman–Crippen MR) is 172 cm³/mol. The second-order valence-corrected chi connectivity index (χ2v) is 13.7. The zero-order valence-electron chi connectivity index (χ0n) is 29.9. The molecule has 4 amide bonds. The number of alkyl carbamates (subject to hydrolysis) is 2. The van der Waals surface area contributed by atoms with Crippen LogP contribution in [0.3, 0.4) is 0 Å². The van der Waals surface area contributed by atoms with E-state index in [1.54, 1.807) is 21.5 Å². The standard InChI is InChI=1S/C32H41F8N7O7/c1-29(2,31(35,36)37)23(42-27(51)53-5)25(49)41-13-18(48)14-46(45-26(50)24(43-28(52)54-6)30(3,4)32(38,39)40)15-19-20(33)11-16(12-21(19)34)22-9-10-47(44-22)17-7-8-17/h9-12,17-18,23-24,48H,7-8,13-15H2,1-6H3,(H,41,49)(H,42,51)(H,43,52)(H,45,50)/t18-,23?,24-/m1/s1. The Morgan fingerprint density at radius 1 is 0.889 bits per heavy atom. The van der Waals surface area contributed by atoms with Crippen LogP contribution in [0.5, 0.6) is 0 Å². The molecule has 1 fully saturated rings. The molecule has 54 heavy (non-hydrogen) atoms. The van der Waals surface area contributed by atoms with Crippen molar-refractivity contribution in [1.29, 1.82) is 0 Å². The molecule has 0 spiro atoms. The number of carbonyl (C=O) groups excluding carboxylic acids is 4. The Bertz CT molecular complexity index is 1660. The molecule has 1 aliphatic rings. The number of hydrogen-bond acceptors (Lipinski definition) is 9. The Balaban J connectivity index is 1.93. The monoisotopic (exact) mass is 787 g/mol. The van der Waals surface area contributed by atoms with E-state index in [1.807, 2.05) is 10.7 Å². The highest BCUT2D eigenvalue weighted by Gasteiger charge is 2.57. The minimum Gasteiger partial charge on any atom is -0.453 e. The fourth-order valence-electron chi connectivity index (χ4n) is 4.97. The normalized spacial score (nSPS) is 15.6. The second-order valence-electron chi connectivity index (χ2n) is 13.7. The maximum Gasteiger partial charge on any atom is 0.407 e. The van der Waals surface area contributed by atoms with Crippen molar-refractivity contribution in [3.05, 3.63) is 41.6 Å². The third-order valence-electron chi connectivity index (χ3n) is 8.85. The van der Waals surface area contributed by atoms with Crippen LogP contribution in [-0.4, -0.2) is 102 Å². The number of nitrogens with one attached hydrogen (secondary N) is 4. The molecule has 5 N–H and O–H groups in total. The lowest BCUT2D eigenvalue weighted by molar-refractivity contribution is -0.221. The van der Waals surface area contributed by atoms with Crippen molar-refractivity contribution in [3.63, 3.8) is 0 Å². The third-order valence-corrected chi connectivity index (χ3v) is 8.85. The summed E-state index contributed by atoms with van der Waals surface area (Å²) in [6, 6.07) is -1.22. The van der Waals surface area contributed by atoms with Gasteiger partial charge in [0.1, 0.15) is 23.7 Å². The summed E-state index contributed by atoms with van der Waals surface area (Å²) in [6.07, 6.45) is -11.5. The number of nitrogens with zero attached hydrogens (tertiary/aromatic N) is 3. The number of rotatable bonds is 15. The molecule has 1 aromatic carbocycles. The SMILES string of the molecule is COC(=O)NC(C(=O)NC[C@@H](O)CN(Cc1c(F)cc(-c2ccn(C3CC3)n2)cc1F)NC(=O)[C@@H](NC(=O)OC)C(C)(C)C(F)(F)F)C(C)(C)C(F)(F)F. The number of benzene rings is 1. The number of carbonyl (C=O) groups is 4. The lowest BCUT2D eigenvalue weighted by Crippen LogP contribution is -2.62. The van der Waals surface area contributed by atoms with Gasteiger partial charge in [-0.15, -0.1) is 0 Å². The van der Waals surface area contributed by atoms with Crippen LogP contribution in [0.25, 0.3) is 11.3 Å². The Morgan fingerprint density at radius 3 is 1.81 bits per heavy atom. The first kappa shape index (κ1) is 43.7. The molecule has 1 saturated carbocycles. The van der Waals surface area contributed by atoms with Crippen molar-refractivity contribution in [2.24, 2.45) is 10.8 Å². The average molecular weight is 788 g/mol. The van der Waals surface area contributed by atoms with Gasteiger partial charge in [-0.2, -0.15) is 31.4 Å². The molecule has 1 aromatic heterocycles. The highest BCUT2D eigenvalue weighted by Crippen LogP contribution is 2.42. The molecule has 1 heterocycles. The molecule has 3 atom stereocenters. The van der Waals surface area contributed by atoms with Gasteiger partial charge in [-0.05, 0) is 58.7 Å². The summed E-state index contributed by atoms with van der Waals surface area (Å²) in [6.45, 7) is -0.449. The van der Waals surface area contributed by atoms with Crippen molar-refractivity contribution in [3.8, 4) is 11.3 Å². The van der Waals surface area contributed by atoms with Crippen LogP contribution in [0, 0.1) is 22.5 Å². The van der Waals surface area contributed by atoms with E-state index in [2.05, 4.69) is 14.6 Å². The summed E-state index contributed by atoms with van der Waals surface area (Å²) in [5.41, 5.74) is -4.38. The number of hydrazine groups is 1. The molecular formula is C32H41F8N7O7. The van der Waals surface area contributed by atoms with E-state index in [-0.39, 0.29) is 17.3 Å².